The van der Waals surface area contributed by atoms with E-state index in [1.54, 1.807) is 6.08 Å². The van der Waals surface area contributed by atoms with Gasteiger partial charge in [-0.25, -0.2) is 9.36 Å². The van der Waals surface area contributed by atoms with Crippen molar-refractivity contribution in [3.05, 3.63) is 79.4 Å². The second kappa shape index (κ2) is 5.77. The van der Waals surface area contributed by atoms with E-state index >= 15 is 0 Å². The summed E-state index contributed by atoms with van der Waals surface area (Å²) in [5.74, 6) is 0.0311. The lowest BCUT2D eigenvalue weighted by molar-refractivity contribution is -0.118. The summed E-state index contributed by atoms with van der Waals surface area (Å²) in [6.45, 7) is 4.08. The summed E-state index contributed by atoms with van der Waals surface area (Å²) in [4.78, 5) is 40.1. The Balaban J connectivity index is 1.89. The van der Waals surface area contributed by atoms with Crippen LogP contribution in [0.2, 0.25) is 0 Å². The van der Waals surface area contributed by atoms with E-state index in [-0.39, 0.29) is 22.3 Å². The molecule has 0 bridgehead atoms. The molecule has 1 aliphatic heterocycles. The second-order valence-corrected chi connectivity index (χ2v) is 8.71. The number of ketones is 1. The maximum Gasteiger partial charge on any atom is 0.274 e. The average molecular weight is 374 g/mol. The minimum absolute atomic E-state index is 0.0311. The Kier molecular flexibility index (Phi) is 3.54. The van der Waals surface area contributed by atoms with Crippen LogP contribution in [0.5, 0.6) is 0 Å². The van der Waals surface area contributed by atoms with Crippen molar-refractivity contribution in [2.24, 2.45) is 5.41 Å². The summed E-state index contributed by atoms with van der Waals surface area (Å²) in [6.07, 6.45) is 6.05. The molecule has 0 fully saturated rings. The van der Waals surface area contributed by atoms with Gasteiger partial charge in [-0.15, -0.1) is 0 Å². The quantitative estimate of drug-likeness (QED) is 0.770. The lowest BCUT2D eigenvalue weighted by atomic mass is 9.74. The molecule has 2 aliphatic carbocycles. The van der Waals surface area contributed by atoms with Gasteiger partial charge < -0.3 is 0 Å². The Bertz CT molecular complexity index is 1190. The summed E-state index contributed by atoms with van der Waals surface area (Å²) < 4.78 is 3.04. The first-order valence-corrected chi connectivity index (χ1v) is 9.78. The molecular weight excluding hydrogens is 352 g/mol. The van der Waals surface area contributed by atoms with Gasteiger partial charge in [-0.1, -0.05) is 56.3 Å². The number of benzene rings is 1. The van der Waals surface area contributed by atoms with E-state index in [9.17, 15) is 14.4 Å². The van der Waals surface area contributed by atoms with E-state index < -0.39 is 6.04 Å². The molecule has 5 nitrogen and oxygen atoms in total. The minimum atomic E-state index is -0.541. The third-order valence-corrected chi connectivity index (χ3v) is 6.06. The van der Waals surface area contributed by atoms with Crippen molar-refractivity contribution in [1.82, 2.24) is 9.36 Å². The number of carbonyl (C=O) groups is 1. The molecule has 1 unspecified atom stereocenters. The van der Waals surface area contributed by atoms with E-state index in [1.807, 2.05) is 50.3 Å². The van der Waals surface area contributed by atoms with Crippen LogP contribution < -0.4 is 11.1 Å². The molecule has 28 heavy (non-hydrogen) atoms. The summed E-state index contributed by atoms with van der Waals surface area (Å²) in [5.41, 5.74) is 2.62. The molecule has 1 aromatic heterocycles. The van der Waals surface area contributed by atoms with Gasteiger partial charge in [-0.2, -0.15) is 0 Å². The highest BCUT2D eigenvalue weighted by molar-refractivity contribution is 6.04. The van der Waals surface area contributed by atoms with Crippen molar-refractivity contribution in [3.63, 3.8) is 0 Å². The molecule has 2 heterocycles. The lowest BCUT2D eigenvalue weighted by Crippen LogP contribution is -2.41. The third kappa shape index (κ3) is 2.28. The number of hydrogen-bond donors (Lipinski definition) is 0. The van der Waals surface area contributed by atoms with Crippen LogP contribution in [0, 0.1) is 5.41 Å². The summed E-state index contributed by atoms with van der Waals surface area (Å²) in [5, 5.41) is 0. The molecule has 0 radical (unpaired) electrons. The highest BCUT2D eigenvalue weighted by Gasteiger charge is 2.45. The highest BCUT2D eigenvalue weighted by Crippen LogP contribution is 2.46. The van der Waals surface area contributed by atoms with Gasteiger partial charge in [0.15, 0.2) is 5.78 Å². The van der Waals surface area contributed by atoms with Gasteiger partial charge in [-0.05, 0) is 30.2 Å². The average Bonchev–Trinajstić information content (AvgIpc) is 3.01. The highest BCUT2D eigenvalue weighted by atomic mass is 16.2. The SMILES string of the molecule is CC1(C)CC(=O)C2=C(C1)n1c(=O)c3c(c(=O)n1C2c1ccccc1)C=CCC3. The van der Waals surface area contributed by atoms with Gasteiger partial charge in [0.05, 0.1) is 5.70 Å². The van der Waals surface area contributed by atoms with Crippen molar-refractivity contribution in [2.45, 2.75) is 45.6 Å². The zero-order chi connectivity index (χ0) is 19.6. The Hall–Kier alpha value is -2.95. The monoisotopic (exact) mass is 374 g/mol. The molecule has 0 amide bonds. The van der Waals surface area contributed by atoms with Crippen molar-refractivity contribution in [3.8, 4) is 0 Å². The number of Topliss-reactive ketones (excluding diaryl/α,β-unsaturated/α-hetero) is 1. The van der Waals surface area contributed by atoms with Crippen molar-refractivity contribution >= 4 is 17.6 Å². The predicted molar refractivity (Wildman–Crippen MR) is 108 cm³/mol. The largest absolute Gasteiger partial charge is 0.294 e. The third-order valence-electron chi connectivity index (χ3n) is 6.06. The van der Waals surface area contributed by atoms with Crippen LogP contribution in [0.25, 0.3) is 11.8 Å². The van der Waals surface area contributed by atoms with Gasteiger partial charge in [-0.3, -0.25) is 14.4 Å². The van der Waals surface area contributed by atoms with Crippen LogP contribution in [-0.2, 0) is 11.2 Å². The van der Waals surface area contributed by atoms with Gasteiger partial charge in [0, 0.05) is 23.1 Å². The smallest absolute Gasteiger partial charge is 0.274 e. The fourth-order valence-electron chi connectivity index (χ4n) is 4.88. The van der Waals surface area contributed by atoms with Crippen LogP contribution in [0.3, 0.4) is 0 Å². The predicted octanol–water partition coefficient (Wildman–Crippen LogP) is 3.17. The van der Waals surface area contributed by atoms with E-state index in [0.717, 1.165) is 12.0 Å². The number of carbonyl (C=O) groups excluding carboxylic acids is 1. The first-order chi connectivity index (χ1) is 13.4. The molecule has 142 valence electrons. The fraction of sp³-hybridized carbons (Fsp3) is 0.348. The van der Waals surface area contributed by atoms with Crippen molar-refractivity contribution in [1.29, 1.82) is 0 Å². The molecule has 0 saturated heterocycles. The van der Waals surface area contributed by atoms with Crippen LogP contribution in [0.1, 0.15) is 55.8 Å². The zero-order valence-electron chi connectivity index (χ0n) is 16.1. The number of hydrogen-bond acceptors (Lipinski definition) is 3. The molecule has 5 rings (SSSR count). The Morgan fingerprint density at radius 2 is 1.75 bits per heavy atom. The van der Waals surface area contributed by atoms with E-state index in [2.05, 4.69) is 0 Å². The van der Waals surface area contributed by atoms with E-state index in [0.29, 0.717) is 41.7 Å². The Labute approximate surface area is 162 Å². The number of fused-ring (bicyclic) bond motifs is 3. The number of nitrogens with zero attached hydrogens (tertiary/aromatic N) is 2. The maximum absolute atomic E-state index is 13.5. The molecule has 3 aliphatic rings. The number of allylic oxidation sites excluding steroid dienone is 3. The second-order valence-electron chi connectivity index (χ2n) is 8.71. The summed E-state index contributed by atoms with van der Waals surface area (Å²) in [7, 11) is 0. The zero-order valence-corrected chi connectivity index (χ0v) is 16.1. The van der Waals surface area contributed by atoms with Crippen molar-refractivity contribution < 1.29 is 4.79 Å². The molecule has 0 saturated carbocycles. The standard InChI is InChI=1S/C23H22N2O3/c1-23(2)12-17-19(18(26)13-23)20(14-8-4-3-5-9-14)25-22(28)16-11-7-6-10-15(16)21(27)24(17)25/h3-5,7-9,11,20H,6,10,12-13H2,1-2H3. The molecule has 1 atom stereocenters. The van der Waals surface area contributed by atoms with Gasteiger partial charge in [0.2, 0.25) is 0 Å². The van der Waals surface area contributed by atoms with Gasteiger partial charge >= 0.3 is 0 Å². The first-order valence-electron chi connectivity index (χ1n) is 9.78. The first kappa shape index (κ1) is 17.2. The molecule has 1 aromatic carbocycles. The van der Waals surface area contributed by atoms with Gasteiger partial charge in [0.1, 0.15) is 6.04 Å². The van der Waals surface area contributed by atoms with E-state index in [4.69, 9.17) is 0 Å². The maximum atomic E-state index is 13.5. The van der Waals surface area contributed by atoms with Gasteiger partial charge in [0.25, 0.3) is 11.1 Å². The molecule has 5 heteroatoms. The van der Waals surface area contributed by atoms with Crippen LogP contribution >= 0.6 is 0 Å². The van der Waals surface area contributed by atoms with Crippen LogP contribution in [0.4, 0.5) is 0 Å². The normalized spacial score (nSPS) is 22.1. The van der Waals surface area contributed by atoms with Crippen molar-refractivity contribution in [2.75, 3.05) is 0 Å². The summed E-state index contributed by atoms with van der Waals surface area (Å²) in [6, 6.07) is 9.01. The molecular formula is C23H22N2O3. The summed E-state index contributed by atoms with van der Waals surface area (Å²) >= 11 is 0. The molecule has 0 spiro atoms. The lowest BCUT2D eigenvalue weighted by Gasteiger charge is -2.30. The van der Waals surface area contributed by atoms with Crippen LogP contribution in [0.15, 0.2) is 51.6 Å². The molecule has 0 N–H and O–H groups in total. The van der Waals surface area contributed by atoms with E-state index in [1.165, 1.54) is 9.36 Å². The Morgan fingerprint density at radius 1 is 1.00 bits per heavy atom. The van der Waals surface area contributed by atoms with Crippen LogP contribution in [-0.4, -0.2) is 15.1 Å². The number of aromatic nitrogens is 2. The fourth-order valence-corrected chi connectivity index (χ4v) is 4.88. The minimum Gasteiger partial charge on any atom is -0.294 e. The topological polar surface area (TPSA) is 61.1 Å². The Morgan fingerprint density at radius 3 is 2.50 bits per heavy atom. The number of rotatable bonds is 1. The molecule has 2 aromatic rings.